The highest BCUT2D eigenvalue weighted by Crippen LogP contribution is 2.25. The summed E-state index contributed by atoms with van der Waals surface area (Å²) >= 11 is 0. The van der Waals surface area contributed by atoms with Crippen LogP contribution in [0.2, 0.25) is 0 Å². The Morgan fingerprint density at radius 1 is 1.36 bits per heavy atom. The molecule has 0 saturated carbocycles. The first-order valence-electron chi connectivity index (χ1n) is 7.62. The Kier molecular flexibility index (Phi) is 3.44. The van der Waals surface area contributed by atoms with Crippen LogP contribution in [-0.4, -0.2) is 39.7 Å². The summed E-state index contributed by atoms with van der Waals surface area (Å²) in [5, 5.41) is 1.31. The maximum Gasteiger partial charge on any atom is 0.0952 e. The second-order valence-corrected chi connectivity index (χ2v) is 5.93. The molecule has 1 atom stereocenters. The average Bonchev–Trinajstić information content (AvgIpc) is 3.16. The number of nitrogens with one attached hydrogen (secondary N) is 1. The Balaban J connectivity index is 1.60. The number of hydrogen-bond donors (Lipinski definition) is 1. The molecular formula is C17H20N4O. The molecule has 1 aromatic carbocycles. The van der Waals surface area contributed by atoms with Gasteiger partial charge in [-0.3, -0.25) is 4.90 Å². The molecule has 0 unspecified atom stereocenters. The number of methoxy groups -OCH3 is 1. The first-order chi connectivity index (χ1) is 10.8. The Bertz CT molecular complexity index is 776. The topological polar surface area (TPSA) is 46.1 Å². The van der Waals surface area contributed by atoms with Gasteiger partial charge in [0.05, 0.1) is 24.7 Å². The van der Waals surface area contributed by atoms with Gasteiger partial charge in [-0.05, 0) is 17.7 Å². The van der Waals surface area contributed by atoms with Gasteiger partial charge in [0.15, 0.2) is 0 Å². The first-order valence-corrected chi connectivity index (χ1v) is 7.62. The molecule has 0 bridgehead atoms. The fraction of sp³-hybridized carbons (Fsp3) is 0.353. The summed E-state index contributed by atoms with van der Waals surface area (Å²) in [6.07, 6.45) is 5.89. The van der Waals surface area contributed by atoms with Crippen LogP contribution in [0.25, 0.3) is 10.9 Å². The quantitative estimate of drug-likeness (QED) is 0.805. The Labute approximate surface area is 129 Å². The van der Waals surface area contributed by atoms with E-state index in [-0.39, 0.29) is 0 Å². The third-order valence-electron chi connectivity index (χ3n) is 4.43. The molecule has 1 aliphatic heterocycles. The molecule has 114 valence electrons. The lowest BCUT2D eigenvalue weighted by Gasteiger charge is -2.34. The van der Waals surface area contributed by atoms with Gasteiger partial charge in [-0.2, -0.15) is 0 Å². The van der Waals surface area contributed by atoms with E-state index < -0.39 is 0 Å². The lowest BCUT2D eigenvalue weighted by atomic mass is 10.1. The zero-order valence-electron chi connectivity index (χ0n) is 12.7. The summed E-state index contributed by atoms with van der Waals surface area (Å²) in [6, 6.07) is 8.95. The maximum atomic E-state index is 5.38. The predicted molar refractivity (Wildman–Crippen MR) is 85.6 cm³/mol. The average molecular weight is 296 g/mol. The van der Waals surface area contributed by atoms with Gasteiger partial charge >= 0.3 is 0 Å². The van der Waals surface area contributed by atoms with Crippen molar-refractivity contribution in [2.24, 2.45) is 0 Å². The summed E-state index contributed by atoms with van der Waals surface area (Å²) in [5.41, 5.74) is 3.82. The smallest absolute Gasteiger partial charge is 0.0952 e. The summed E-state index contributed by atoms with van der Waals surface area (Å²) in [4.78, 5) is 10.1. The molecule has 2 aromatic heterocycles. The number of fused-ring (bicyclic) bond motifs is 2. The van der Waals surface area contributed by atoms with Crippen molar-refractivity contribution in [2.75, 3.05) is 20.3 Å². The van der Waals surface area contributed by atoms with Crippen molar-refractivity contribution < 1.29 is 4.74 Å². The van der Waals surface area contributed by atoms with Gasteiger partial charge in [-0.1, -0.05) is 12.1 Å². The van der Waals surface area contributed by atoms with Crippen LogP contribution in [0.5, 0.6) is 0 Å². The lowest BCUT2D eigenvalue weighted by Crippen LogP contribution is -2.38. The largest absolute Gasteiger partial charge is 0.382 e. The number of nitrogens with zero attached hydrogens (tertiary/aromatic N) is 3. The van der Waals surface area contributed by atoms with E-state index in [4.69, 9.17) is 4.74 Å². The van der Waals surface area contributed by atoms with E-state index in [0.717, 1.165) is 19.6 Å². The summed E-state index contributed by atoms with van der Waals surface area (Å²) in [7, 11) is 1.76. The van der Waals surface area contributed by atoms with Crippen molar-refractivity contribution in [3.63, 3.8) is 0 Å². The fourth-order valence-corrected chi connectivity index (χ4v) is 3.44. The molecule has 0 radical (unpaired) electrons. The van der Waals surface area contributed by atoms with E-state index in [1.54, 1.807) is 7.11 Å². The molecule has 5 heteroatoms. The number of aromatic nitrogens is 3. The number of aromatic amines is 1. The van der Waals surface area contributed by atoms with Gasteiger partial charge in [0.1, 0.15) is 0 Å². The Morgan fingerprint density at radius 3 is 3.23 bits per heavy atom. The van der Waals surface area contributed by atoms with Crippen molar-refractivity contribution in [3.8, 4) is 0 Å². The third-order valence-corrected chi connectivity index (χ3v) is 4.43. The van der Waals surface area contributed by atoms with E-state index in [1.165, 1.54) is 22.2 Å². The predicted octanol–water partition coefficient (Wildman–Crippen LogP) is 2.57. The van der Waals surface area contributed by atoms with Gasteiger partial charge in [-0.15, -0.1) is 0 Å². The van der Waals surface area contributed by atoms with Crippen molar-refractivity contribution in [2.45, 2.75) is 19.1 Å². The van der Waals surface area contributed by atoms with E-state index >= 15 is 0 Å². The highest BCUT2D eigenvalue weighted by molar-refractivity contribution is 5.82. The van der Waals surface area contributed by atoms with Crippen molar-refractivity contribution in [3.05, 3.63) is 54.2 Å². The van der Waals surface area contributed by atoms with E-state index in [1.807, 2.05) is 18.7 Å². The third kappa shape index (κ3) is 2.32. The Hall–Kier alpha value is -2.11. The molecule has 0 saturated heterocycles. The standard InChI is InChI=1S/C17H20N4O/c1-22-11-15-10-20(9-14-7-18-12-21(14)15)8-13-3-2-4-17-16(13)5-6-19-17/h2-7,12,15,19H,8-11H2,1H3/t15-/m1/s1. The SMILES string of the molecule is COC[C@H]1CN(Cc2cccc3[nH]ccc23)Cc2cncn21. The molecule has 0 spiro atoms. The van der Waals surface area contributed by atoms with Crippen LogP contribution < -0.4 is 0 Å². The first kappa shape index (κ1) is 13.5. The lowest BCUT2D eigenvalue weighted by molar-refractivity contribution is 0.0985. The number of ether oxygens (including phenoxy) is 1. The molecule has 5 nitrogen and oxygen atoms in total. The molecule has 22 heavy (non-hydrogen) atoms. The minimum atomic E-state index is 0.335. The van der Waals surface area contributed by atoms with Crippen LogP contribution in [0.3, 0.4) is 0 Å². The van der Waals surface area contributed by atoms with Crippen LogP contribution >= 0.6 is 0 Å². The zero-order chi connectivity index (χ0) is 14.9. The maximum absolute atomic E-state index is 5.38. The minimum Gasteiger partial charge on any atom is -0.382 e. The molecule has 3 aromatic rings. The summed E-state index contributed by atoms with van der Waals surface area (Å²) in [5.74, 6) is 0. The molecule has 0 aliphatic carbocycles. The summed E-state index contributed by atoms with van der Waals surface area (Å²) in [6.45, 7) is 3.58. The molecule has 1 N–H and O–H groups in total. The number of hydrogen-bond acceptors (Lipinski definition) is 3. The van der Waals surface area contributed by atoms with E-state index in [2.05, 4.69) is 43.7 Å². The van der Waals surface area contributed by atoms with Gasteiger partial charge < -0.3 is 14.3 Å². The van der Waals surface area contributed by atoms with E-state index in [0.29, 0.717) is 12.6 Å². The molecule has 0 amide bonds. The molecule has 0 fully saturated rings. The molecule has 4 rings (SSSR count). The second kappa shape index (κ2) is 5.59. The number of rotatable bonds is 4. The highest BCUT2D eigenvalue weighted by Gasteiger charge is 2.25. The Morgan fingerprint density at radius 2 is 2.32 bits per heavy atom. The van der Waals surface area contributed by atoms with Crippen LogP contribution in [0.4, 0.5) is 0 Å². The highest BCUT2D eigenvalue weighted by atomic mass is 16.5. The number of imidazole rings is 1. The van der Waals surface area contributed by atoms with Crippen molar-refractivity contribution in [1.29, 1.82) is 0 Å². The fourth-order valence-electron chi connectivity index (χ4n) is 3.44. The van der Waals surface area contributed by atoms with Crippen LogP contribution in [0.1, 0.15) is 17.3 Å². The number of H-pyrrole nitrogens is 1. The molecule has 3 heterocycles. The molecule has 1 aliphatic rings. The van der Waals surface area contributed by atoms with Gasteiger partial charge in [0.2, 0.25) is 0 Å². The van der Waals surface area contributed by atoms with E-state index in [9.17, 15) is 0 Å². The van der Waals surface area contributed by atoms with Crippen LogP contribution in [-0.2, 0) is 17.8 Å². The monoisotopic (exact) mass is 296 g/mol. The molecular weight excluding hydrogens is 276 g/mol. The van der Waals surface area contributed by atoms with Crippen molar-refractivity contribution >= 4 is 10.9 Å². The summed E-state index contributed by atoms with van der Waals surface area (Å²) < 4.78 is 7.63. The van der Waals surface area contributed by atoms with Gasteiger partial charge in [0, 0.05) is 50.0 Å². The van der Waals surface area contributed by atoms with Crippen LogP contribution in [0.15, 0.2) is 43.0 Å². The van der Waals surface area contributed by atoms with Gasteiger partial charge in [-0.25, -0.2) is 4.98 Å². The zero-order valence-corrected chi connectivity index (χ0v) is 12.7. The number of benzene rings is 1. The normalized spacial score (nSPS) is 18.7. The van der Waals surface area contributed by atoms with Crippen LogP contribution in [0, 0.1) is 0 Å². The van der Waals surface area contributed by atoms with Crippen molar-refractivity contribution in [1.82, 2.24) is 19.4 Å². The minimum absolute atomic E-state index is 0.335. The van der Waals surface area contributed by atoms with Gasteiger partial charge in [0.25, 0.3) is 0 Å². The second-order valence-electron chi connectivity index (χ2n) is 5.93.